The van der Waals surface area contributed by atoms with Crippen LogP contribution in [0.25, 0.3) is 38.4 Å². The first-order valence-corrected chi connectivity index (χ1v) is 9.42. The summed E-state index contributed by atoms with van der Waals surface area (Å²) >= 11 is 0. The van der Waals surface area contributed by atoms with E-state index in [2.05, 4.69) is 98.0 Å². The maximum Gasteiger partial charge on any atom is 0.145 e. The van der Waals surface area contributed by atoms with Crippen molar-refractivity contribution in [1.82, 2.24) is 9.38 Å². The van der Waals surface area contributed by atoms with Gasteiger partial charge in [-0.3, -0.25) is 4.40 Å². The van der Waals surface area contributed by atoms with Gasteiger partial charge in [0.05, 0.1) is 5.52 Å². The van der Waals surface area contributed by atoms with Gasteiger partial charge in [-0.2, -0.15) is 0 Å². The number of para-hydroxylation sites is 1. The zero-order valence-corrected chi connectivity index (χ0v) is 15.9. The normalized spacial score (nSPS) is 12.3. The van der Waals surface area contributed by atoms with Gasteiger partial charge in [-0.25, -0.2) is 4.98 Å². The van der Waals surface area contributed by atoms with Crippen LogP contribution in [0.2, 0.25) is 0 Å². The lowest BCUT2D eigenvalue weighted by molar-refractivity contribution is 0.566. The molecule has 0 aliphatic heterocycles. The Bertz CT molecular complexity index is 1290. The minimum absolute atomic E-state index is 0.0207. The topological polar surface area (TPSA) is 17.3 Å². The van der Waals surface area contributed by atoms with Crippen LogP contribution < -0.4 is 0 Å². The second-order valence-corrected chi connectivity index (χ2v) is 8.16. The molecule has 132 valence electrons. The smallest absolute Gasteiger partial charge is 0.145 e. The second-order valence-electron chi connectivity index (χ2n) is 8.16. The average Bonchev–Trinajstić information content (AvgIpc) is 3.14. The highest BCUT2D eigenvalue weighted by Crippen LogP contribution is 2.38. The van der Waals surface area contributed by atoms with Crippen molar-refractivity contribution >= 4 is 27.3 Å². The summed E-state index contributed by atoms with van der Waals surface area (Å²) in [5, 5.41) is 3.74. The zero-order chi connectivity index (χ0) is 18.6. The van der Waals surface area contributed by atoms with Gasteiger partial charge in [0, 0.05) is 33.5 Å². The van der Waals surface area contributed by atoms with E-state index in [0.717, 1.165) is 5.65 Å². The molecule has 2 nitrogen and oxygen atoms in total. The van der Waals surface area contributed by atoms with Gasteiger partial charge < -0.3 is 0 Å². The van der Waals surface area contributed by atoms with E-state index in [1.54, 1.807) is 0 Å². The Morgan fingerprint density at radius 1 is 0.741 bits per heavy atom. The van der Waals surface area contributed by atoms with Crippen molar-refractivity contribution in [2.45, 2.75) is 26.2 Å². The molecular weight excluding hydrogens is 328 g/mol. The maximum atomic E-state index is 4.86. The lowest BCUT2D eigenvalue weighted by atomic mass is 9.92. The Morgan fingerprint density at radius 2 is 1.44 bits per heavy atom. The van der Waals surface area contributed by atoms with Crippen molar-refractivity contribution in [1.29, 1.82) is 0 Å². The summed E-state index contributed by atoms with van der Waals surface area (Å²) in [4.78, 5) is 4.86. The van der Waals surface area contributed by atoms with Gasteiger partial charge in [0.1, 0.15) is 5.65 Å². The number of benzene rings is 3. The van der Waals surface area contributed by atoms with E-state index in [4.69, 9.17) is 4.98 Å². The number of nitrogens with zero attached hydrogens (tertiary/aromatic N) is 2. The number of hydrogen-bond acceptors (Lipinski definition) is 1. The van der Waals surface area contributed by atoms with Crippen LogP contribution in [0.5, 0.6) is 0 Å². The van der Waals surface area contributed by atoms with Crippen molar-refractivity contribution in [2.75, 3.05) is 0 Å². The van der Waals surface area contributed by atoms with Crippen LogP contribution in [-0.2, 0) is 5.41 Å². The summed E-state index contributed by atoms with van der Waals surface area (Å²) in [6.45, 7) is 6.74. The molecule has 2 aromatic heterocycles. The second kappa shape index (κ2) is 5.68. The predicted molar refractivity (Wildman–Crippen MR) is 114 cm³/mol. The third kappa shape index (κ3) is 2.37. The number of imidazole rings is 1. The summed E-state index contributed by atoms with van der Waals surface area (Å²) in [7, 11) is 0. The van der Waals surface area contributed by atoms with Crippen LogP contribution in [0.15, 0.2) is 79.0 Å². The molecule has 0 saturated carbocycles. The van der Waals surface area contributed by atoms with Crippen molar-refractivity contribution in [3.05, 3.63) is 84.7 Å². The monoisotopic (exact) mass is 350 g/mol. The summed E-state index contributed by atoms with van der Waals surface area (Å²) in [6.07, 6.45) is 2.04. The van der Waals surface area contributed by atoms with E-state index in [0.29, 0.717) is 0 Å². The zero-order valence-electron chi connectivity index (χ0n) is 15.9. The fraction of sp³-hybridized carbons (Fsp3) is 0.160. The molecule has 5 rings (SSSR count). The third-order valence-corrected chi connectivity index (χ3v) is 5.33. The molecule has 0 bridgehead atoms. The van der Waals surface area contributed by atoms with Crippen LogP contribution in [0.3, 0.4) is 0 Å². The Morgan fingerprint density at radius 3 is 2.22 bits per heavy atom. The van der Waals surface area contributed by atoms with Crippen LogP contribution in [-0.4, -0.2) is 9.38 Å². The first-order valence-electron chi connectivity index (χ1n) is 9.42. The summed E-state index contributed by atoms with van der Waals surface area (Å²) in [6, 6.07) is 25.9. The van der Waals surface area contributed by atoms with E-state index < -0.39 is 0 Å². The summed E-state index contributed by atoms with van der Waals surface area (Å²) < 4.78 is 2.34. The number of aromatic nitrogens is 2. The van der Waals surface area contributed by atoms with Gasteiger partial charge in [-0.1, -0.05) is 87.5 Å². The standard InChI is InChI=1S/C25H22N2/c1-25(2,3)22-16-26-24-20-14-9-13-18(17-10-5-4-6-11-17)23(20)19-12-7-8-15-21(19)27(22)24/h4-16H,1-3H3. The molecule has 5 aromatic rings. The minimum atomic E-state index is 0.0207. The van der Waals surface area contributed by atoms with Gasteiger partial charge in [0.15, 0.2) is 0 Å². The molecule has 2 heterocycles. The Kier molecular flexibility index (Phi) is 3.38. The molecule has 0 aliphatic carbocycles. The Labute approximate surface area is 159 Å². The molecule has 0 unspecified atom stereocenters. The largest absolute Gasteiger partial charge is 0.296 e. The summed E-state index contributed by atoms with van der Waals surface area (Å²) in [5.74, 6) is 0. The van der Waals surface area contributed by atoms with E-state index in [-0.39, 0.29) is 5.41 Å². The molecule has 27 heavy (non-hydrogen) atoms. The van der Waals surface area contributed by atoms with Crippen molar-refractivity contribution < 1.29 is 0 Å². The highest BCUT2D eigenvalue weighted by molar-refractivity contribution is 6.17. The van der Waals surface area contributed by atoms with Crippen LogP contribution in [0.4, 0.5) is 0 Å². The molecule has 0 N–H and O–H groups in total. The van der Waals surface area contributed by atoms with Gasteiger partial charge in [-0.15, -0.1) is 0 Å². The Balaban J connectivity index is 2.04. The Hall–Kier alpha value is -3.13. The number of hydrogen-bond donors (Lipinski definition) is 0. The van der Waals surface area contributed by atoms with Crippen molar-refractivity contribution in [2.24, 2.45) is 0 Å². The molecule has 2 heteroatoms. The number of pyridine rings is 1. The molecule has 0 radical (unpaired) electrons. The fourth-order valence-corrected chi connectivity index (χ4v) is 4.08. The minimum Gasteiger partial charge on any atom is -0.296 e. The van der Waals surface area contributed by atoms with Gasteiger partial charge in [0.25, 0.3) is 0 Å². The first-order chi connectivity index (χ1) is 13.1. The van der Waals surface area contributed by atoms with E-state index in [1.165, 1.54) is 38.5 Å². The third-order valence-electron chi connectivity index (χ3n) is 5.33. The lowest BCUT2D eigenvalue weighted by Gasteiger charge is -2.20. The van der Waals surface area contributed by atoms with Crippen LogP contribution >= 0.6 is 0 Å². The average molecular weight is 350 g/mol. The van der Waals surface area contributed by atoms with E-state index in [1.807, 2.05) is 6.20 Å². The molecular formula is C25H22N2. The molecule has 0 atom stereocenters. The lowest BCUT2D eigenvalue weighted by Crippen LogP contribution is -2.14. The predicted octanol–water partition coefficient (Wildman–Crippen LogP) is 6.61. The molecule has 0 aliphatic rings. The van der Waals surface area contributed by atoms with Gasteiger partial charge in [-0.05, 0) is 17.2 Å². The van der Waals surface area contributed by atoms with Gasteiger partial charge in [0.2, 0.25) is 0 Å². The van der Waals surface area contributed by atoms with Crippen LogP contribution in [0.1, 0.15) is 26.5 Å². The van der Waals surface area contributed by atoms with Gasteiger partial charge >= 0.3 is 0 Å². The summed E-state index contributed by atoms with van der Waals surface area (Å²) in [5.41, 5.74) is 6.00. The highest BCUT2D eigenvalue weighted by Gasteiger charge is 2.22. The van der Waals surface area contributed by atoms with E-state index in [9.17, 15) is 0 Å². The quantitative estimate of drug-likeness (QED) is 0.311. The van der Waals surface area contributed by atoms with Crippen molar-refractivity contribution in [3.63, 3.8) is 0 Å². The highest BCUT2D eigenvalue weighted by atomic mass is 15.0. The number of rotatable bonds is 1. The molecule has 3 aromatic carbocycles. The maximum absolute atomic E-state index is 4.86. The van der Waals surface area contributed by atoms with Crippen LogP contribution in [0, 0.1) is 0 Å². The fourth-order valence-electron chi connectivity index (χ4n) is 4.08. The molecule has 0 amide bonds. The SMILES string of the molecule is CC(C)(C)c1cnc2c3cccc(-c4ccccc4)c3c3ccccc3n12. The first kappa shape index (κ1) is 16.1. The molecule has 0 spiro atoms. The van der Waals surface area contributed by atoms with E-state index >= 15 is 0 Å². The molecule has 0 fully saturated rings. The molecule has 0 saturated heterocycles. The van der Waals surface area contributed by atoms with Crippen molar-refractivity contribution in [3.8, 4) is 11.1 Å². The number of fused-ring (bicyclic) bond motifs is 6.